The summed E-state index contributed by atoms with van der Waals surface area (Å²) in [6, 6.07) is 3.53. The lowest BCUT2D eigenvalue weighted by molar-refractivity contribution is 0.389. The van der Waals surface area contributed by atoms with Crippen LogP contribution in [0.4, 0.5) is 5.95 Å². The van der Waals surface area contributed by atoms with E-state index in [1.165, 1.54) is 4.57 Å². The Balaban J connectivity index is 1.73. The van der Waals surface area contributed by atoms with Crippen molar-refractivity contribution in [1.82, 2.24) is 24.1 Å². The van der Waals surface area contributed by atoms with Crippen LogP contribution < -0.4 is 16.0 Å². The molecule has 0 amide bonds. The number of nitrogens with zero attached hydrogens (tertiary/aromatic N) is 6. The van der Waals surface area contributed by atoms with Crippen molar-refractivity contribution >= 4 is 23.2 Å². The zero-order valence-corrected chi connectivity index (χ0v) is 15.1. The highest BCUT2D eigenvalue weighted by molar-refractivity contribution is 5.74. The minimum atomic E-state index is -0.542. The molecule has 1 aliphatic heterocycles. The van der Waals surface area contributed by atoms with Gasteiger partial charge in [0.2, 0.25) is 5.95 Å². The second-order valence-corrected chi connectivity index (χ2v) is 6.62. The molecule has 1 aliphatic rings. The molecular formula is C19H20N6O2. The van der Waals surface area contributed by atoms with E-state index in [0.717, 1.165) is 5.56 Å². The predicted octanol–water partition coefficient (Wildman–Crippen LogP) is 1.37. The van der Waals surface area contributed by atoms with E-state index in [2.05, 4.69) is 26.4 Å². The van der Waals surface area contributed by atoms with Crippen molar-refractivity contribution < 1.29 is 0 Å². The molecule has 0 N–H and O–H groups in total. The lowest BCUT2D eigenvalue weighted by atomic mass is 10.0. The maximum atomic E-state index is 12.7. The molecule has 0 saturated carbocycles. The van der Waals surface area contributed by atoms with Crippen LogP contribution in [0.15, 0.2) is 46.9 Å². The maximum absolute atomic E-state index is 12.7. The lowest BCUT2D eigenvalue weighted by Crippen LogP contribution is -2.45. The third-order valence-electron chi connectivity index (χ3n) is 5.06. The van der Waals surface area contributed by atoms with Crippen LogP contribution in [-0.4, -0.2) is 37.2 Å². The first-order chi connectivity index (χ1) is 13.1. The molecule has 8 nitrogen and oxygen atoms in total. The average Bonchev–Trinajstić information content (AvgIpc) is 2.73. The molecule has 4 heterocycles. The van der Waals surface area contributed by atoms with Gasteiger partial charge in [-0.15, -0.1) is 0 Å². The summed E-state index contributed by atoms with van der Waals surface area (Å²) in [4.78, 5) is 40.3. The van der Waals surface area contributed by atoms with Gasteiger partial charge in [0.15, 0.2) is 5.65 Å². The van der Waals surface area contributed by atoms with Crippen molar-refractivity contribution in [3.63, 3.8) is 0 Å². The smallest absolute Gasteiger partial charge is 0.318 e. The number of aryl methyl sites for hydroxylation is 1. The second-order valence-electron chi connectivity index (χ2n) is 6.62. The Morgan fingerprint density at radius 2 is 1.81 bits per heavy atom. The van der Waals surface area contributed by atoms with Crippen LogP contribution >= 0.6 is 0 Å². The lowest BCUT2D eigenvalue weighted by Gasteiger charge is -2.33. The molecule has 4 rings (SSSR count). The van der Waals surface area contributed by atoms with Gasteiger partial charge in [0.05, 0.1) is 5.52 Å². The van der Waals surface area contributed by atoms with Gasteiger partial charge in [-0.05, 0) is 30.5 Å². The van der Waals surface area contributed by atoms with Gasteiger partial charge < -0.3 is 9.47 Å². The molecule has 1 fully saturated rings. The number of aromatic nitrogens is 5. The standard InChI is InChI=1S/C19H20N6O2/c1-3-13-11-15-16(22-12-13)25(18(27)17(26)23(15)2)14-5-9-24(10-6-14)19-20-7-4-8-21-19/h3-4,7-8,11-12,14H,1,5-6,9-10H2,2H3. The van der Waals surface area contributed by atoms with Crippen LogP contribution in [-0.2, 0) is 7.05 Å². The second kappa shape index (κ2) is 6.79. The largest absolute Gasteiger partial charge is 0.341 e. The first-order valence-corrected chi connectivity index (χ1v) is 8.86. The van der Waals surface area contributed by atoms with E-state index in [1.54, 1.807) is 42.3 Å². The number of rotatable bonds is 3. The molecule has 0 atom stereocenters. The summed E-state index contributed by atoms with van der Waals surface area (Å²) in [7, 11) is 1.60. The molecule has 27 heavy (non-hydrogen) atoms. The summed E-state index contributed by atoms with van der Waals surface area (Å²) in [5.74, 6) is 0.686. The number of pyridine rings is 1. The molecule has 0 unspecified atom stereocenters. The zero-order chi connectivity index (χ0) is 19.0. The summed E-state index contributed by atoms with van der Waals surface area (Å²) in [6.07, 6.45) is 8.20. The Hall–Kier alpha value is -3.29. The van der Waals surface area contributed by atoms with E-state index >= 15 is 0 Å². The van der Waals surface area contributed by atoms with Crippen molar-refractivity contribution in [3.05, 3.63) is 63.6 Å². The van der Waals surface area contributed by atoms with Crippen molar-refractivity contribution in [2.45, 2.75) is 18.9 Å². The van der Waals surface area contributed by atoms with Crippen LogP contribution in [0, 0.1) is 0 Å². The monoisotopic (exact) mass is 364 g/mol. The third kappa shape index (κ3) is 2.92. The number of hydrogen-bond acceptors (Lipinski definition) is 6. The van der Waals surface area contributed by atoms with Crippen molar-refractivity contribution in [3.8, 4) is 0 Å². The maximum Gasteiger partial charge on any atom is 0.318 e. The fourth-order valence-corrected chi connectivity index (χ4v) is 3.57. The van der Waals surface area contributed by atoms with E-state index in [4.69, 9.17) is 0 Å². The van der Waals surface area contributed by atoms with Crippen LogP contribution in [0.25, 0.3) is 17.2 Å². The number of piperidine rings is 1. The highest BCUT2D eigenvalue weighted by Crippen LogP contribution is 2.25. The quantitative estimate of drug-likeness (QED) is 0.653. The SMILES string of the molecule is C=Cc1cnc2c(c1)n(C)c(=O)c(=O)n2C1CCN(c2ncccn2)CC1. The Morgan fingerprint density at radius 3 is 2.48 bits per heavy atom. The van der Waals surface area contributed by atoms with Crippen LogP contribution in [0.2, 0.25) is 0 Å². The summed E-state index contributed by atoms with van der Waals surface area (Å²) >= 11 is 0. The molecule has 0 bridgehead atoms. The molecule has 0 aliphatic carbocycles. The fraction of sp³-hybridized carbons (Fsp3) is 0.316. The molecule has 0 spiro atoms. The molecule has 3 aromatic rings. The van der Waals surface area contributed by atoms with Gasteiger partial charge in [0, 0.05) is 44.8 Å². The van der Waals surface area contributed by atoms with Crippen molar-refractivity contribution in [1.29, 1.82) is 0 Å². The summed E-state index contributed by atoms with van der Waals surface area (Å²) in [5.41, 5.74) is 0.893. The van der Waals surface area contributed by atoms with E-state index in [-0.39, 0.29) is 6.04 Å². The molecule has 0 radical (unpaired) electrons. The first kappa shape index (κ1) is 17.1. The third-order valence-corrected chi connectivity index (χ3v) is 5.06. The van der Waals surface area contributed by atoms with Gasteiger partial charge in [-0.1, -0.05) is 12.7 Å². The average molecular weight is 364 g/mol. The Kier molecular flexibility index (Phi) is 4.31. The zero-order valence-electron chi connectivity index (χ0n) is 15.1. The van der Waals surface area contributed by atoms with Crippen LogP contribution in [0.1, 0.15) is 24.4 Å². The van der Waals surface area contributed by atoms with Crippen LogP contribution in [0.5, 0.6) is 0 Å². The van der Waals surface area contributed by atoms with E-state index in [1.807, 2.05) is 6.07 Å². The predicted molar refractivity (Wildman–Crippen MR) is 104 cm³/mol. The van der Waals surface area contributed by atoms with Crippen molar-refractivity contribution in [2.75, 3.05) is 18.0 Å². The topological polar surface area (TPSA) is 85.9 Å². The minimum Gasteiger partial charge on any atom is -0.341 e. The minimum absolute atomic E-state index is 0.0871. The number of fused-ring (bicyclic) bond motifs is 1. The van der Waals surface area contributed by atoms with Gasteiger partial charge in [0.1, 0.15) is 0 Å². The normalized spacial score (nSPS) is 15.2. The highest BCUT2D eigenvalue weighted by atomic mass is 16.2. The number of anilines is 1. The molecule has 138 valence electrons. The fourth-order valence-electron chi connectivity index (χ4n) is 3.57. The van der Waals surface area contributed by atoms with Crippen molar-refractivity contribution in [2.24, 2.45) is 7.05 Å². The summed E-state index contributed by atoms with van der Waals surface area (Å²) in [5, 5.41) is 0. The van der Waals surface area contributed by atoms with Gasteiger partial charge in [-0.25, -0.2) is 15.0 Å². The van der Waals surface area contributed by atoms with Gasteiger partial charge in [-0.2, -0.15) is 0 Å². The Morgan fingerprint density at radius 1 is 1.11 bits per heavy atom. The summed E-state index contributed by atoms with van der Waals surface area (Å²) < 4.78 is 2.93. The van der Waals surface area contributed by atoms with E-state index < -0.39 is 11.1 Å². The number of hydrogen-bond donors (Lipinski definition) is 0. The van der Waals surface area contributed by atoms with E-state index in [9.17, 15) is 9.59 Å². The molecule has 0 aromatic carbocycles. The Bertz CT molecular complexity index is 1110. The van der Waals surface area contributed by atoms with E-state index in [0.29, 0.717) is 43.0 Å². The molecule has 1 saturated heterocycles. The molecule has 3 aromatic heterocycles. The van der Waals surface area contributed by atoms with Gasteiger partial charge in [-0.3, -0.25) is 14.2 Å². The molecular weight excluding hydrogens is 344 g/mol. The Labute approximate surface area is 155 Å². The van der Waals surface area contributed by atoms with Gasteiger partial charge >= 0.3 is 11.1 Å². The van der Waals surface area contributed by atoms with Crippen LogP contribution in [0.3, 0.4) is 0 Å². The summed E-state index contributed by atoms with van der Waals surface area (Å²) in [6.45, 7) is 5.17. The highest BCUT2D eigenvalue weighted by Gasteiger charge is 2.26. The first-order valence-electron chi connectivity index (χ1n) is 8.86. The van der Waals surface area contributed by atoms with Gasteiger partial charge in [0.25, 0.3) is 0 Å². The molecule has 8 heteroatoms.